The first kappa shape index (κ1) is 15.2. The summed E-state index contributed by atoms with van der Waals surface area (Å²) < 4.78 is 80.5. The third-order valence-corrected chi connectivity index (χ3v) is 2.67. The molecule has 0 aromatic heterocycles. The average molecular weight is 306 g/mol. The lowest BCUT2D eigenvalue weighted by atomic mass is 10.0. The Morgan fingerprint density at radius 2 is 1.62 bits per heavy atom. The van der Waals surface area contributed by atoms with E-state index in [1.54, 1.807) is 0 Å². The Kier molecular flexibility index (Phi) is 4.11. The topological polar surface area (TPSA) is 9.23 Å². The summed E-state index contributed by atoms with van der Waals surface area (Å²) in [5, 5.41) is 0. The first-order chi connectivity index (χ1) is 9.79. The number of benzene rings is 2. The molecule has 0 N–H and O–H groups in total. The maximum Gasteiger partial charge on any atom is 0.416 e. The molecule has 0 aliphatic rings. The Bertz CT molecular complexity index is 636. The molecule has 112 valence electrons. The second kappa shape index (κ2) is 5.67. The molecule has 7 heteroatoms. The molecule has 0 bridgehead atoms. The standard InChI is InChI=1S/C14H8F6O/c15-10-5-2-6-11(21-13(16)17)12(10)8-3-1-4-9(7-8)14(18,19)20/h1-7,13H. The van der Waals surface area contributed by atoms with E-state index in [1.165, 1.54) is 6.07 Å². The van der Waals surface area contributed by atoms with Gasteiger partial charge in [0.05, 0.1) is 11.1 Å². The van der Waals surface area contributed by atoms with Crippen LogP contribution in [-0.2, 0) is 6.18 Å². The Labute approximate surface area is 115 Å². The molecular weight excluding hydrogens is 298 g/mol. The maximum absolute atomic E-state index is 13.8. The molecule has 0 aliphatic heterocycles. The van der Waals surface area contributed by atoms with Gasteiger partial charge in [0.25, 0.3) is 0 Å². The fourth-order valence-electron chi connectivity index (χ4n) is 1.83. The molecule has 2 aromatic rings. The van der Waals surface area contributed by atoms with Crippen molar-refractivity contribution < 1.29 is 31.1 Å². The molecule has 0 saturated carbocycles. The summed E-state index contributed by atoms with van der Waals surface area (Å²) in [5.41, 5.74) is -1.64. The number of hydrogen-bond donors (Lipinski definition) is 0. The normalized spacial score (nSPS) is 11.8. The van der Waals surface area contributed by atoms with E-state index in [4.69, 9.17) is 0 Å². The summed E-state index contributed by atoms with van der Waals surface area (Å²) in [6.07, 6.45) is -4.62. The van der Waals surface area contributed by atoms with Crippen LogP contribution in [0.25, 0.3) is 11.1 Å². The molecule has 0 amide bonds. The van der Waals surface area contributed by atoms with Gasteiger partial charge >= 0.3 is 12.8 Å². The van der Waals surface area contributed by atoms with E-state index >= 15 is 0 Å². The zero-order chi connectivity index (χ0) is 15.6. The monoisotopic (exact) mass is 306 g/mol. The van der Waals surface area contributed by atoms with E-state index in [-0.39, 0.29) is 5.56 Å². The van der Waals surface area contributed by atoms with E-state index in [1.807, 2.05) is 0 Å². The number of hydrogen-bond acceptors (Lipinski definition) is 1. The van der Waals surface area contributed by atoms with Crippen molar-refractivity contribution in [1.82, 2.24) is 0 Å². The predicted octanol–water partition coefficient (Wildman–Crippen LogP) is 5.11. The number of halogens is 6. The predicted molar refractivity (Wildman–Crippen MR) is 63.5 cm³/mol. The van der Waals surface area contributed by atoms with Gasteiger partial charge in [0.15, 0.2) is 0 Å². The van der Waals surface area contributed by atoms with E-state index in [9.17, 15) is 26.3 Å². The highest BCUT2D eigenvalue weighted by atomic mass is 19.4. The highest BCUT2D eigenvalue weighted by Gasteiger charge is 2.31. The van der Waals surface area contributed by atoms with Crippen LogP contribution in [0.5, 0.6) is 5.75 Å². The van der Waals surface area contributed by atoms with Crippen LogP contribution in [0.2, 0.25) is 0 Å². The summed E-state index contributed by atoms with van der Waals surface area (Å²) in [6, 6.07) is 6.88. The molecular formula is C14H8F6O. The van der Waals surface area contributed by atoms with Gasteiger partial charge in [0, 0.05) is 0 Å². The zero-order valence-corrected chi connectivity index (χ0v) is 10.3. The van der Waals surface area contributed by atoms with Crippen LogP contribution in [0.15, 0.2) is 42.5 Å². The van der Waals surface area contributed by atoms with Gasteiger partial charge in [-0.3, -0.25) is 0 Å². The third kappa shape index (κ3) is 3.48. The quantitative estimate of drug-likeness (QED) is 0.716. The molecule has 2 aromatic carbocycles. The summed E-state index contributed by atoms with van der Waals surface area (Å²) in [4.78, 5) is 0. The van der Waals surface area contributed by atoms with Crippen molar-refractivity contribution in [3.05, 3.63) is 53.8 Å². The van der Waals surface area contributed by atoms with E-state index < -0.39 is 35.5 Å². The average Bonchev–Trinajstić information content (AvgIpc) is 2.37. The minimum atomic E-state index is -4.62. The largest absolute Gasteiger partial charge is 0.434 e. The Morgan fingerprint density at radius 1 is 0.952 bits per heavy atom. The maximum atomic E-state index is 13.8. The molecule has 21 heavy (non-hydrogen) atoms. The minimum absolute atomic E-state index is 0.196. The zero-order valence-electron chi connectivity index (χ0n) is 10.3. The molecule has 0 aliphatic carbocycles. The van der Waals surface area contributed by atoms with E-state index in [0.29, 0.717) is 6.07 Å². The van der Waals surface area contributed by atoms with Crippen molar-refractivity contribution >= 4 is 0 Å². The first-order valence-corrected chi connectivity index (χ1v) is 5.70. The Hall–Kier alpha value is -2.18. The molecule has 0 unspecified atom stereocenters. The Morgan fingerprint density at radius 3 is 2.24 bits per heavy atom. The highest BCUT2D eigenvalue weighted by molar-refractivity contribution is 5.71. The van der Waals surface area contributed by atoms with Crippen molar-refractivity contribution in [2.45, 2.75) is 12.8 Å². The lowest BCUT2D eigenvalue weighted by molar-refractivity contribution is -0.137. The van der Waals surface area contributed by atoms with Gasteiger partial charge in [-0.1, -0.05) is 18.2 Å². The van der Waals surface area contributed by atoms with Gasteiger partial charge in [-0.05, 0) is 29.8 Å². The van der Waals surface area contributed by atoms with Crippen LogP contribution in [0, 0.1) is 5.82 Å². The van der Waals surface area contributed by atoms with Crippen LogP contribution in [0.1, 0.15) is 5.56 Å². The fraction of sp³-hybridized carbons (Fsp3) is 0.143. The molecule has 0 heterocycles. The second-order valence-electron chi connectivity index (χ2n) is 4.07. The number of rotatable bonds is 3. The molecule has 0 radical (unpaired) electrons. The van der Waals surface area contributed by atoms with Crippen molar-refractivity contribution in [1.29, 1.82) is 0 Å². The lowest BCUT2D eigenvalue weighted by Gasteiger charge is -2.13. The van der Waals surface area contributed by atoms with Crippen molar-refractivity contribution in [3.8, 4) is 16.9 Å². The second-order valence-corrected chi connectivity index (χ2v) is 4.07. The Balaban J connectivity index is 2.56. The smallest absolute Gasteiger partial charge is 0.416 e. The molecule has 0 saturated heterocycles. The van der Waals surface area contributed by atoms with Gasteiger partial charge in [0.2, 0.25) is 0 Å². The van der Waals surface area contributed by atoms with Gasteiger partial charge in [-0.15, -0.1) is 0 Å². The van der Waals surface area contributed by atoms with Crippen LogP contribution in [0.4, 0.5) is 26.3 Å². The number of alkyl halides is 5. The SMILES string of the molecule is Fc1cccc(OC(F)F)c1-c1cccc(C(F)(F)F)c1. The summed E-state index contributed by atoms with van der Waals surface area (Å²) in [5.74, 6) is -1.48. The molecule has 0 spiro atoms. The molecule has 0 atom stereocenters. The van der Waals surface area contributed by atoms with Crippen molar-refractivity contribution in [2.75, 3.05) is 0 Å². The minimum Gasteiger partial charge on any atom is -0.434 e. The fourth-order valence-corrected chi connectivity index (χ4v) is 1.83. The summed E-state index contributed by atoms with van der Waals surface area (Å²) >= 11 is 0. The molecule has 2 rings (SSSR count). The highest BCUT2D eigenvalue weighted by Crippen LogP contribution is 2.37. The molecule has 1 nitrogen and oxygen atoms in total. The van der Waals surface area contributed by atoms with Gasteiger partial charge in [0.1, 0.15) is 11.6 Å². The van der Waals surface area contributed by atoms with Crippen LogP contribution in [0.3, 0.4) is 0 Å². The van der Waals surface area contributed by atoms with Crippen LogP contribution < -0.4 is 4.74 Å². The summed E-state index contributed by atoms with van der Waals surface area (Å²) in [6.45, 7) is -3.21. The van der Waals surface area contributed by atoms with E-state index in [2.05, 4.69) is 4.74 Å². The third-order valence-electron chi connectivity index (χ3n) is 2.67. The van der Waals surface area contributed by atoms with E-state index in [0.717, 1.165) is 30.3 Å². The molecule has 0 fully saturated rings. The van der Waals surface area contributed by atoms with Crippen molar-refractivity contribution in [2.24, 2.45) is 0 Å². The first-order valence-electron chi connectivity index (χ1n) is 5.70. The van der Waals surface area contributed by atoms with Gasteiger partial charge in [-0.2, -0.15) is 22.0 Å². The van der Waals surface area contributed by atoms with Crippen molar-refractivity contribution in [3.63, 3.8) is 0 Å². The van der Waals surface area contributed by atoms with Gasteiger partial charge < -0.3 is 4.74 Å². The summed E-state index contributed by atoms with van der Waals surface area (Å²) in [7, 11) is 0. The van der Waals surface area contributed by atoms with Crippen LogP contribution in [-0.4, -0.2) is 6.61 Å². The number of ether oxygens (including phenoxy) is 1. The van der Waals surface area contributed by atoms with Gasteiger partial charge in [-0.25, -0.2) is 4.39 Å². The lowest BCUT2D eigenvalue weighted by Crippen LogP contribution is -2.06. The van der Waals surface area contributed by atoms with Crippen LogP contribution >= 0.6 is 0 Å².